The van der Waals surface area contributed by atoms with Crippen molar-refractivity contribution in [2.45, 2.75) is 45.1 Å². The summed E-state index contributed by atoms with van der Waals surface area (Å²) in [5.41, 5.74) is 2.62. The summed E-state index contributed by atoms with van der Waals surface area (Å²) >= 11 is 5.97. The molecule has 1 aliphatic rings. The lowest BCUT2D eigenvalue weighted by molar-refractivity contribution is -0.119. The van der Waals surface area contributed by atoms with Gasteiger partial charge >= 0.3 is 6.03 Å². The second kappa shape index (κ2) is 9.11. The first kappa shape index (κ1) is 20.2. The van der Waals surface area contributed by atoms with Crippen molar-refractivity contribution in [2.24, 2.45) is 0 Å². The van der Waals surface area contributed by atoms with Crippen molar-refractivity contribution in [1.29, 1.82) is 0 Å². The normalized spacial score (nSPS) is 17.2. The van der Waals surface area contributed by atoms with E-state index in [1.54, 1.807) is 29.2 Å². The summed E-state index contributed by atoms with van der Waals surface area (Å²) in [5, 5.41) is 6.32. The molecule has 0 spiro atoms. The highest BCUT2D eigenvalue weighted by Crippen LogP contribution is 2.23. The number of nitrogens with zero attached hydrogens (tertiary/aromatic N) is 1. The largest absolute Gasteiger partial charge is 0.324 e. The standard InChI is InChI=1S/C22H26ClN3O2/c1-3-15(2)16-9-11-18(12-10-16)24-21(27)20-8-5-13-26(20)22(28)25-19-7-4-6-17(23)14-19/h4,6-7,9-12,14-15,20H,3,5,8,13H2,1-2H3,(H,24,27)(H,25,28)/t15-,20-/m0/s1. The van der Waals surface area contributed by atoms with Gasteiger partial charge in [-0.3, -0.25) is 4.79 Å². The third-order valence-corrected chi connectivity index (χ3v) is 5.49. The Bertz CT molecular complexity index is 838. The van der Waals surface area contributed by atoms with Crippen LogP contribution in [-0.2, 0) is 4.79 Å². The van der Waals surface area contributed by atoms with E-state index in [-0.39, 0.29) is 11.9 Å². The Morgan fingerprint density at radius 1 is 1.14 bits per heavy atom. The zero-order valence-electron chi connectivity index (χ0n) is 16.2. The van der Waals surface area contributed by atoms with Gasteiger partial charge in [-0.05, 0) is 61.1 Å². The van der Waals surface area contributed by atoms with Crippen LogP contribution in [0.1, 0.15) is 44.6 Å². The first-order valence-corrected chi connectivity index (χ1v) is 10.1. The molecule has 0 radical (unpaired) electrons. The number of hydrogen-bond donors (Lipinski definition) is 2. The maximum Gasteiger partial charge on any atom is 0.322 e. The van der Waals surface area contributed by atoms with Gasteiger partial charge in [0.25, 0.3) is 0 Å². The van der Waals surface area contributed by atoms with Gasteiger partial charge in [-0.1, -0.05) is 43.6 Å². The molecule has 0 saturated carbocycles. The quantitative estimate of drug-likeness (QED) is 0.698. The van der Waals surface area contributed by atoms with Crippen LogP contribution < -0.4 is 10.6 Å². The van der Waals surface area contributed by atoms with Crippen molar-refractivity contribution < 1.29 is 9.59 Å². The lowest BCUT2D eigenvalue weighted by Gasteiger charge is -2.24. The fraction of sp³-hybridized carbons (Fsp3) is 0.364. The zero-order valence-corrected chi connectivity index (χ0v) is 17.0. The molecule has 6 heteroatoms. The summed E-state index contributed by atoms with van der Waals surface area (Å²) in [5.74, 6) is 0.334. The topological polar surface area (TPSA) is 61.4 Å². The van der Waals surface area contributed by atoms with Gasteiger partial charge in [0, 0.05) is 22.9 Å². The third kappa shape index (κ3) is 4.84. The number of urea groups is 1. The third-order valence-electron chi connectivity index (χ3n) is 5.25. The molecule has 3 rings (SSSR count). The highest BCUT2D eigenvalue weighted by atomic mass is 35.5. The number of carbonyl (C=O) groups is 2. The smallest absolute Gasteiger partial charge is 0.322 e. The van der Waals surface area contributed by atoms with E-state index < -0.39 is 6.04 Å². The number of likely N-dealkylation sites (tertiary alicyclic amines) is 1. The van der Waals surface area contributed by atoms with Crippen LogP contribution in [0.3, 0.4) is 0 Å². The van der Waals surface area contributed by atoms with Crippen LogP contribution in [0.4, 0.5) is 16.2 Å². The summed E-state index contributed by atoms with van der Waals surface area (Å²) in [7, 11) is 0. The van der Waals surface area contributed by atoms with Crippen molar-refractivity contribution >= 4 is 34.9 Å². The summed E-state index contributed by atoms with van der Waals surface area (Å²) in [6, 6.07) is 14.1. The first-order valence-electron chi connectivity index (χ1n) is 9.72. The lowest BCUT2D eigenvalue weighted by Crippen LogP contribution is -2.45. The van der Waals surface area contributed by atoms with Gasteiger partial charge in [-0.2, -0.15) is 0 Å². The van der Waals surface area contributed by atoms with E-state index in [4.69, 9.17) is 11.6 Å². The maximum atomic E-state index is 12.8. The van der Waals surface area contributed by atoms with Gasteiger partial charge in [0.2, 0.25) is 5.91 Å². The summed E-state index contributed by atoms with van der Waals surface area (Å²) < 4.78 is 0. The number of benzene rings is 2. The van der Waals surface area contributed by atoms with E-state index in [0.717, 1.165) is 18.5 Å². The molecule has 1 saturated heterocycles. The Hall–Kier alpha value is -2.53. The van der Waals surface area contributed by atoms with Crippen molar-refractivity contribution in [1.82, 2.24) is 4.90 Å². The molecule has 3 amide bonds. The summed E-state index contributed by atoms with van der Waals surface area (Å²) in [4.78, 5) is 27.0. The number of anilines is 2. The fourth-order valence-electron chi connectivity index (χ4n) is 3.40. The van der Waals surface area contributed by atoms with Gasteiger partial charge in [0.05, 0.1) is 0 Å². The molecule has 0 unspecified atom stereocenters. The van der Waals surface area contributed by atoms with Crippen molar-refractivity contribution in [3.8, 4) is 0 Å². The number of amides is 3. The number of rotatable bonds is 5. The van der Waals surface area contributed by atoms with Crippen molar-refractivity contribution in [3.63, 3.8) is 0 Å². The van der Waals surface area contributed by atoms with Crippen LogP contribution in [-0.4, -0.2) is 29.4 Å². The Morgan fingerprint density at radius 2 is 1.89 bits per heavy atom. The highest BCUT2D eigenvalue weighted by molar-refractivity contribution is 6.30. The van der Waals surface area contributed by atoms with Crippen LogP contribution >= 0.6 is 11.6 Å². The van der Waals surface area contributed by atoms with Crippen LogP contribution in [0, 0.1) is 0 Å². The Kier molecular flexibility index (Phi) is 6.57. The molecule has 2 N–H and O–H groups in total. The van der Waals surface area contributed by atoms with E-state index in [1.165, 1.54) is 5.56 Å². The second-order valence-corrected chi connectivity index (χ2v) is 7.65. The van der Waals surface area contributed by atoms with Gasteiger partial charge in [0.15, 0.2) is 0 Å². The number of hydrogen-bond acceptors (Lipinski definition) is 2. The minimum Gasteiger partial charge on any atom is -0.324 e. The molecule has 2 atom stereocenters. The van der Waals surface area contributed by atoms with E-state index in [0.29, 0.717) is 29.6 Å². The van der Waals surface area contributed by atoms with Crippen LogP contribution in [0.25, 0.3) is 0 Å². The Balaban J connectivity index is 1.63. The average Bonchev–Trinajstić information content (AvgIpc) is 3.18. The number of carbonyl (C=O) groups excluding carboxylic acids is 2. The molecule has 1 aliphatic heterocycles. The Labute approximate surface area is 171 Å². The van der Waals surface area contributed by atoms with Gasteiger partial charge in [-0.15, -0.1) is 0 Å². The van der Waals surface area contributed by atoms with E-state index in [1.807, 2.05) is 24.3 Å². The molecule has 1 heterocycles. The SMILES string of the molecule is CC[C@H](C)c1ccc(NC(=O)[C@@H]2CCCN2C(=O)Nc2cccc(Cl)c2)cc1. The van der Waals surface area contributed by atoms with E-state index in [9.17, 15) is 9.59 Å². The van der Waals surface area contributed by atoms with E-state index >= 15 is 0 Å². The van der Waals surface area contributed by atoms with Crippen LogP contribution in [0.2, 0.25) is 5.02 Å². The second-order valence-electron chi connectivity index (χ2n) is 7.21. The predicted octanol–water partition coefficient (Wildman–Crippen LogP) is 5.49. The predicted molar refractivity (Wildman–Crippen MR) is 114 cm³/mol. The molecular formula is C22H26ClN3O2. The monoisotopic (exact) mass is 399 g/mol. The zero-order chi connectivity index (χ0) is 20.1. The van der Waals surface area contributed by atoms with Crippen LogP contribution in [0.5, 0.6) is 0 Å². The molecule has 2 aromatic rings. The first-order chi connectivity index (χ1) is 13.5. The molecule has 148 valence electrons. The van der Waals surface area contributed by atoms with Gasteiger partial charge in [0.1, 0.15) is 6.04 Å². The molecule has 5 nitrogen and oxygen atoms in total. The molecular weight excluding hydrogens is 374 g/mol. The summed E-state index contributed by atoms with van der Waals surface area (Å²) in [6.07, 6.45) is 2.53. The fourth-order valence-corrected chi connectivity index (χ4v) is 3.59. The minimum atomic E-state index is -0.478. The maximum absolute atomic E-state index is 12.8. The number of halogens is 1. The van der Waals surface area contributed by atoms with Crippen LogP contribution in [0.15, 0.2) is 48.5 Å². The van der Waals surface area contributed by atoms with Crippen molar-refractivity contribution in [3.05, 3.63) is 59.1 Å². The highest BCUT2D eigenvalue weighted by Gasteiger charge is 2.34. The summed E-state index contributed by atoms with van der Waals surface area (Å²) in [6.45, 7) is 4.89. The molecule has 0 bridgehead atoms. The average molecular weight is 400 g/mol. The van der Waals surface area contributed by atoms with Gasteiger partial charge < -0.3 is 15.5 Å². The lowest BCUT2D eigenvalue weighted by atomic mass is 9.98. The van der Waals surface area contributed by atoms with Gasteiger partial charge in [-0.25, -0.2) is 4.79 Å². The van der Waals surface area contributed by atoms with Crippen molar-refractivity contribution in [2.75, 3.05) is 17.2 Å². The molecule has 2 aromatic carbocycles. The Morgan fingerprint density at radius 3 is 2.57 bits per heavy atom. The molecule has 0 aliphatic carbocycles. The molecule has 1 fully saturated rings. The molecule has 0 aromatic heterocycles. The molecule has 28 heavy (non-hydrogen) atoms. The number of nitrogens with one attached hydrogen (secondary N) is 2. The minimum absolute atomic E-state index is 0.157. The van der Waals surface area contributed by atoms with E-state index in [2.05, 4.69) is 24.5 Å².